The number of hydrogen-bond acceptors (Lipinski definition) is 6. The Morgan fingerprint density at radius 1 is 1.50 bits per heavy atom. The molecule has 0 amide bonds. The summed E-state index contributed by atoms with van der Waals surface area (Å²) < 4.78 is 31.9. The van der Waals surface area contributed by atoms with Crippen LogP contribution in [-0.2, 0) is 10.0 Å². The lowest BCUT2D eigenvalue weighted by atomic mass is 10.1. The molecule has 0 heterocycles. The van der Waals surface area contributed by atoms with Crippen LogP contribution < -0.4 is 15.2 Å². The first-order valence-electron chi connectivity index (χ1n) is 5.86. The van der Waals surface area contributed by atoms with Crippen molar-refractivity contribution in [3.8, 4) is 5.75 Å². The highest BCUT2D eigenvalue weighted by Gasteiger charge is 2.25. The molecular weight excluding hydrogens is 300 g/mol. The van der Waals surface area contributed by atoms with E-state index in [4.69, 9.17) is 10.5 Å². The van der Waals surface area contributed by atoms with E-state index in [9.17, 15) is 13.5 Å². The van der Waals surface area contributed by atoms with Gasteiger partial charge in [0.2, 0.25) is 10.0 Å². The van der Waals surface area contributed by atoms with Crippen molar-refractivity contribution in [2.75, 3.05) is 31.4 Å². The second kappa shape index (κ2) is 6.66. The normalized spacial score (nSPS) is 14.8. The smallest absolute Gasteiger partial charge is 0.244 e. The molecule has 1 aromatic carbocycles. The zero-order valence-corrected chi connectivity index (χ0v) is 13.3. The van der Waals surface area contributed by atoms with Gasteiger partial charge in [0.15, 0.2) is 0 Å². The van der Waals surface area contributed by atoms with Gasteiger partial charge in [-0.2, -0.15) is 11.8 Å². The van der Waals surface area contributed by atoms with Crippen LogP contribution >= 0.6 is 11.8 Å². The average molecular weight is 320 g/mol. The molecule has 1 rings (SSSR count). The number of methoxy groups -OCH3 is 1. The zero-order valence-electron chi connectivity index (χ0n) is 11.7. The van der Waals surface area contributed by atoms with E-state index in [-0.39, 0.29) is 17.2 Å². The maximum atomic E-state index is 12.2. The molecule has 1 aromatic rings. The Kier molecular flexibility index (Phi) is 5.69. The predicted octanol–water partition coefficient (Wildman–Crippen LogP) is 0.670. The standard InChI is InChI=1S/C12H20N2O4S2/c1-12(15,8-19-3)7-14-20(16,17)11-5-4-9(13)6-10(11)18-2/h4-6,14-15H,7-8,13H2,1-3H3. The fraction of sp³-hybridized carbons (Fsp3) is 0.500. The highest BCUT2D eigenvalue weighted by Crippen LogP contribution is 2.26. The SMILES string of the molecule is COc1cc(N)ccc1S(=O)(=O)NCC(C)(O)CSC. The van der Waals surface area contributed by atoms with Gasteiger partial charge in [0.1, 0.15) is 10.6 Å². The van der Waals surface area contributed by atoms with Crippen molar-refractivity contribution in [1.82, 2.24) is 4.72 Å². The molecular formula is C12H20N2O4S2. The molecule has 0 fully saturated rings. The number of ether oxygens (including phenoxy) is 1. The third-order valence-electron chi connectivity index (χ3n) is 2.58. The third-order valence-corrected chi connectivity index (χ3v) is 4.93. The second-order valence-corrected chi connectivity index (χ2v) is 7.27. The number of benzene rings is 1. The van der Waals surface area contributed by atoms with Crippen molar-refractivity contribution in [3.63, 3.8) is 0 Å². The Balaban J connectivity index is 2.95. The van der Waals surface area contributed by atoms with Crippen LogP contribution in [0.4, 0.5) is 5.69 Å². The highest BCUT2D eigenvalue weighted by atomic mass is 32.2. The van der Waals surface area contributed by atoms with E-state index in [1.807, 2.05) is 6.26 Å². The first kappa shape index (κ1) is 17.1. The Bertz CT molecular complexity index is 559. The molecule has 1 unspecified atom stereocenters. The number of nitrogens with two attached hydrogens (primary N) is 1. The molecule has 4 N–H and O–H groups in total. The molecule has 0 saturated heterocycles. The van der Waals surface area contributed by atoms with Gasteiger partial charge in [-0.1, -0.05) is 0 Å². The average Bonchev–Trinajstić information content (AvgIpc) is 2.36. The zero-order chi connectivity index (χ0) is 15.4. The van der Waals surface area contributed by atoms with Gasteiger partial charge in [-0.05, 0) is 25.3 Å². The molecule has 0 saturated carbocycles. The van der Waals surface area contributed by atoms with Crippen LogP contribution in [0, 0.1) is 0 Å². The van der Waals surface area contributed by atoms with Crippen LogP contribution in [0.3, 0.4) is 0 Å². The van der Waals surface area contributed by atoms with Crippen LogP contribution in [-0.4, -0.2) is 44.8 Å². The van der Waals surface area contributed by atoms with E-state index in [2.05, 4.69) is 4.72 Å². The Hall–Kier alpha value is -0.960. The molecule has 6 nitrogen and oxygen atoms in total. The molecule has 0 aliphatic heterocycles. The van der Waals surface area contributed by atoms with Crippen molar-refractivity contribution in [2.45, 2.75) is 17.4 Å². The van der Waals surface area contributed by atoms with Crippen LogP contribution in [0.25, 0.3) is 0 Å². The maximum Gasteiger partial charge on any atom is 0.244 e. The number of rotatable bonds is 7. The minimum atomic E-state index is -3.77. The van der Waals surface area contributed by atoms with Gasteiger partial charge in [0.05, 0.1) is 12.7 Å². The van der Waals surface area contributed by atoms with E-state index < -0.39 is 15.6 Å². The fourth-order valence-electron chi connectivity index (χ4n) is 1.60. The van der Waals surface area contributed by atoms with Crippen LogP contribution in [0.1, 0.15) is 6.92 Å². The maximum absolute atomic E-state index is 12.2. The Morgan fingerprint density at radius 2 is 2.15 bits per heavy atom. The van der Waals surface area contributed by atoms with Crippen molar-refractivity contribution < 1.29 is 18.3 Å². The number of hydrogen-bond donors (Lipinski definition) is 3. The van der Waals surface area contributed by atoms with Gasteiger partial charge in [-0.3, -0.25) is 0 Å². The number of nitrogens with one attached hydrogen (secondary N) is 1. The number of sulfonamides is 1. The molecule has 0 radical (unpaired) electrons. The van der Waals surface area contributed by atoms with Crippen molar-refractivity contribution in [2.24, 2.45) is 0 Å². The number of nitrogen functional groups attached to an aromatic ring is 1. The van der Waals surface area contributed by atoms with Crippen LogP contribution in [0.15, 0.2) is 23.1 Å². The summed E-state index contributed by atoms with van der Waals surface area (Å²) in [5, 5.41) is 10.00. The molecule has 0 aromatic heterocycles. The van der Waals surface area contributed by atoms with E-state index in [1.54, 1.807) is 6.92 Å². The summed E-state index contributed by atoms with van der Waals surface area (Å²) in [6.07, 6.45) is 1.84. The monoisotopic (exact) mass is 320 g/mol. The van der Waals surface area contributed by atoms with Crippen LogP contribution in [0.2, 0.25) is 0 Å². The summed E-state index contributed by atoms with van der Waals surface area (Å²) >= 11 is 1.44. The van der Waals surface area contributed by atoms with Gasteiger partial charge >= 0.3 is 0 Å². The quantitative estimate of drug-likeness (QED) is 0.638. The van der Waals surface area contributed by atoms with Gasteiger partial charge < -0.3 is 15.6 Å². The lowest BCUT2D eigenvalue weighted by molar-refractivity contribution is 0.0908. The molecule has 8 heteroatoms. The molecule has 0 bridgehead atoms. The Labute approximate surface area is 123 Å². The fourth-order valence-corrected chi connectivity index (χ4v) is 3.63. The van der Waals surface area contributed by atoms with Gasteiger partial charge in [-0.25, -0.2) is 13.1 Å². The van der Waals surface area contributed by atoms with Crippen LogP contribution in [0.5, 0.6) is 5.75 Å². The molecule has 0 aliphatic rings. The van der Waals surface area contributed by atoms with Gasteiger partial charge in [-0.15, -0.1) is 0 Å². The molecule has 1 atom stereocenters. The third kappa shape index (κ3) is 4.55. The first-order valence-corrected chi connectivity index (χ1v) is 8.74. The predicted molar refractivity (Wildman–Crippen MR) is 81.6 cm³/mol. The summed E-state index contributed by atoms with van der Waals surface area (Å²) in [7, 11) is -2.40. The summed E-state index contributed by atoms with van der Waals surface area (Å²) in [6, 6.07) is 4.30. The minimum absolute atomic E-state index is 0.00542. The summed E-state index contributed by atoms with van der Waals surface area (Å²) in [5.41, 5.74) is 4.89. The molecule has 0 aliphatic carbocycles. The van der Waals surface area contributed by atoms with Crippen molar-refractivity contribution in [1.29, 1.82) is 0 Å². The van der Waals surface area contributed by atoms with Crippen molar-refractivity contribution >= 4 is 27.5 Å². The lowest BCUT2D eigenvalue weighted by Crippen LogP contribution is -2.42. The van der Waals surface area contributed by atoms with Gasteiger partial charge in [0, 0.05) is 24.1 Å². The van der Waals surface area contributed by atoms with E-state index in [0.717, 1.165) is 0 Å². The van der Waals surface area contributed by atoms with Gasteiger partial charge in [0.25, 0.3) is 0 Å². The summed E-state index contributed by atoms with van der Waals surface area (Å²) in [4.78, 5) is -0.00542. The van der Waals surface area contributed by atoms with Crippen molar-refractivity contribution in [3.05, 3.63) is 18.2 Å². The Morgan fingerprint density at radius 3 is 2.70 bits per heavy atom. The number of anilines is 1. The van der Waals surface area contributed by atoms with E-state index in [1.165, 1.54) is 37.1 Å². The van der Waals surface area contributed by atoms with E-state index in [0.29, 0.717) is 11.4 Å². The largest absolute Gasteiger partial charge is 0.495 e. The number of aliphatic hydroxyl groups is 1. The van der Waals surface area contributed by atoms with E-state index >= 15 is 0 Å². The second-order valence-electron chi connectivity index (χ2n) is 4.66. The topological polar surface area (TPSA) is 102 Å². The summed E-state index contributed by atoms with van der Waals surface area (Å²) in [5.74, 6) is 0.594. The molecule has 114 valence electrons. The lowest BCUT2D eigenvalue weighted by Gasteiger charge is -2.22. The summed E-state index contributed by atoms with van der Waals surface area (Å²) in [6.45, 7) is 1.50. The molecule has 20 heavy (non-hydrogen) atoms. The number of thioether (sulfide) groups is 1. The molecule has 0 spiro atoms. The first-order chi connectivity index (χ1) is 9.22. The minimum Gasteiger partial charge on any atom is -0.495 e. The highest BCUT2D eigenvalue weighted by molar-refractivity contribution is 7.98.